The van der Waals surface area contributed by atoms with Crippen molar-refractivity contribution in [3.05, 3.63) is 54.1 Å². The lowest BCUT2D eigenvalue weighted by Crippen LogP contribution is -2.17. The van der Waals surface area contributed by atoms with Gasteiger partial charge in [-0.1, -0.05) is 19.1 Å². The number of hydrogen-bond donors (Lipinski definition) is 1. The number of anilines is 1. The Morgan fingerprint density at radius 2 is 1.70 bits per heavy atom. The minimum atomic E-state index is -3.53. The zero-order valence-electron chi connectivity index (χ0n) is 15.1. The molecule has 0 saturated carbocycles. The highest BCUT2D eigenvalue weighted by Gasteiger charge is 2.21. The van der Waals surface area contributed by atoms with E-state index in [1.165, 1.54) is 19.2 Å². The van der Waals surface area contributed by atoms with Gasteiger partial charge in [-0.15, -0.1) is 0 Å². The molecule has 1 amide bonds. The van der Waals surface area contributed by atoms with Gasteiger partial charge in [0.05, 0.1) is 23.3 Å². The number of esters is 1. The number of carbonyl (C=O) groups is 2. The molecule has 144 valence electrons. The van der Waals surface area contributed by atoms with E-state index in [4.69, 9.17) is 4.74 Å². The lowest BCUT2D eigenvalue weighted by atomic mass is 10.2. The second-order valence-corrected chi connectivity index (χ2v) is 7.74. The molecule has 0 bridgehead atoms. The van der Waals surface area contributed by atoms with Gasteiger partial charge in [0.25, 0.3) is 5.91 Å². The first kappa shape index (κ1) is 20.4. The summed E-state index contributed by atoms with van der Waals surface area (Å²) < 4.78 is 34.5. The highest BCUT2D eigenvalue weighted by molar-refractivity contribution is 7.91. The zero-order valence-corrected chi connectivity index (χ0v) is 15.9. The molecule has 0 fully saturated rings. The molecule has 0 radical (unpaired) electrons. The maximum atomic E-state index is 12.6. The minimum absolute atomic E-state index is 0.0161. The van der Waals surface area contributed by atoms with Gasteiger partial charge in [0.2, 0.25) is 0 Å². The molecule has 0 spiro atoms. The van der Waals surface area contributed by atoms with Gasteiger partial charge < -0.3 is 14.8 Å². The van der Waals surface area contributed by atoms with Crippen LogP contribution in [-0.4, -0.2) is 39.8 Å². The van der Waals surface area contributed by atoms with Gasteiger partial charge in [-0.05, 0) is 42.8 Å². The standard InChI is InChI=1S/C19H21NO6S/c1-3-12-27(23,24)17-7-5-4-6-16(17)19(22)20-14-8-10-15(11-9-14)26-13-18(21)25-2/h4-11H,3,12-13H2,1-2H3,(H,20,22). The Morgan fingerprint density at radius 1 is 1.04 bits per heavy atom. The molecular formula is C19H21NO6S. The Bertz CT molecular complexity index is 906. The van der Waals surface area contributed by atoms with E-state index in [1.807, 2.05) is 0 Å². The maximum Gasteiger partial charge on any atom is 0.343 e. The van der Waals surface area contributed by atoms with E-state index in [1.54, 1.807) is 43.3 Å². The number of amides is 1. The molecule has 0 aliphatic carbocycles. The zero-order chi connectivity index (χ0) is 19.9. The van der Waals surface area contributed by atoms with Crippen LogP contribution < -0.4 is 10.1 Å². The molecule has 0 saturated heterocycles. The highest BCUT2D eigenvalue weighted by atomic mass is 32.2. The van der Waals surface area contributed by atoms with Gasteiger partial charge in [-0.2, -0.15) is 0 Å². The first-order chi connectivity index (χ1) is 12.9. The summed E-state index contributed by atoms with van der Waals surface area (Å²) in [5, 5.41) is 2.67. The van der Waals surface area contributed by atoms with Crippen LogP contribution in [0, 0.1) is 0 Å². The first-order valence-corrected chi connectivity index (χ1v) is 9.95. The van der Waals surface area contributed by atoms with E-state index in [0.717, 1.165) is 0 Å². The third kappa shape index (κ3) is 5.55. The smallest absolute Gasteiger partial charge is 0.343 e. The predicted octanol–water partition coefficient (Wildman–Crippen LogP) is 2.67. The Hall–Kier alpha value is -2.87. The summed E-state index contributed by atoms with van der Waals surface area (Å²) in [5.74, 6) is -0.612. The molecule has 0 atom stereocenters. The number of benzene rings is 2. The molecule has 2 rings (SSSR count). The summed E-state index contributed by atoms with van der Waals surface area (Å²) in [4.78, 5) is 23.6. The Balaban J connectivity index is 2.13. The summed E-state index contributed by atoms with van der Waals surface area (Å²) in [6.07, 6.45) is 0.464. The third-order valence-corrected chi connectivity index (χ3v) is 5.61. The molecule has 2 aromatic rings. The van der Waals surface area contributed by atoms with Gasteiger partial charge in [0.15, 0.2) is 16.4 Å². The number of ether oxygens (including phenoxy) is 2. The van der Waals surface area contributed by atoms with E-state index in [-0.39, 0.29) is 22.8 Å². The monoisotopic (exact) mass is 391 g/mol. The predicted molar refractivity (Wildman–Crippen MR) is 101 cm³/mol. The van der Waals surface area contributed by atoms with Gasteiger partial charge in [-0.3, -0.25) is 4.79 Å². The van der Waals surface area contributed by atoms with Crippen LogP contribution in [0.2, 0.25) is 0 Å². The Morgan fingerprint density at radius 3 is 2.33 bits per heavy atom. The molecule has 8 heteroatoms. The van der Waals surface area contributed by atoms with E-state index >= 15 is 0 Å². The number of nitrogens with one attached hydrogen (secondary N) is 1. The van der Waals surface area contributed by atoms with Crippen LogP contribution in [0.4, 0.5) is 5.69 Å². The normalized spacial score (nSPS) is 10.9. The van der Waals surface area contributed by atoms with Crippen LogP contribution in [0.5, 0.6) is 5.75 Å². The fourth-order valence-corrected chi connectivity index (χ4v) is 3.88. The number of methoxy groups -OCH3 is 1. The lowest BCUT2D eigenvalue weighted by Gasteiger charge is -2.11. The first-order valence-electron chi connectivity index (χ1n) is 8.30. The van der Waals surface area contributed by atoms with Crippen molar-refractivity contribution in [1.82, 2.24) is 0 Å². The number of sulfone groups is 1. The fraction of sp³-hybridized carbons (Fsp3) is 0.263. The molecule has 27 heavy (non-hydrogen) atoms. The Kier molecular flexibility index (Phi) is 6.95. The number of hydrogen-bond acceptors (Lipinski definition) is 6. The quantitative estimate of drug-likeness (QED) is 0.695. The topological polar surface area (TPSA) is 98.8 Å². The van der Waals surface area contributed by atoms with Gasteiger partial charge >= 0.3 is 5.97 Å². The largest absolute Gasteiger partial charge is 0.482 e. The molecule has 0 aromatic heterocycles. The van der Waals surface area contributed by atoms with Crippen molar-refractivity contribution in [3.63, 3.8) is 0 Å². The summed E-state index contributed by atoms with van der Waals surface area (Å²) in [7, 11) is -2.26. The van der Waals surface area contributed by atoms with Crippen molar-refractivity contribution < 1.29 is 27.5 Å². The van der Waals surface area contributed by atoms with Crippen molar-refractivity contribution in [2.24, 2.45) is 0 Å². The Labute approximate surface area is 158 Å². The molecule has 0 aliphatic heterocycles. The number of rotatable bonds is 8. The molecule has 0 aliphatic rings. The van der Waals surface area contributed by atoms with Gasteiger partial charge in [0, 0.05) is 5.69 Å². The lowest BCUT2D eigenvalue weighted by molar-refractivity contribution is -0.142. The number of carbonyl (C=O) groups excluding carboxylic acids is 2. The van der Waals surface area contributed by atoms with Gasteiger partial charge in [0.1, 0.15) is 5.75 Å². The van der Waals surface area contributed by atoms with E-state index in [0.29, 0.717) is 17.9 Å². The van der Waals surface area contributed by atoms with Crippen LogP contribution in [0.1, 0.15) is 23.7 Å². The summed E-state index contributed by atoms with van der Waals surface area (Å²) in [6, 6.07) is 12.5. The van der Waals surface area contributed by atoms with Crippen LogP contribution in [0.25, 0.3) is 0 Å². The summed E-state index contributed by atoms with van der Waals surface area (Å²) >= 11 is 0. The van der Waals surface area contributed by atoms with Crippen LogP contribution in [-0.2, 0) is 19.4 Å². The van der Waals surface area contributed by atoms with Crippen LogP contribution >= 0.6 is 0 Å². The van der Waals surface area contributed by atoms with Crippen molar-refractivity contribution in [3.8, 4) is 5.75 Å². The molecule has 0 heterocycles. The minimum Gasteiger partial charge on any atom is -0.482 e. The van der Waals surface area contributed by atoms with Crippen molar-refractivity contribution in [2.45, 2.75) is 18.2 Å². The summed E-state index contributed by atoms with van der Waals surface area (Å²) in [6.45, 7) is 1.55. The van der Waals surface area contributed by atoms with Crippen LogP contribution in [0.3, 0.4) is 0 Å². The highest BCUT2D eigenvalue weighted by Crippen LogP contribution is 2.21. The summed E-state index contributed by atoms with van der Waals surface area (Å²) in [5.41, 5.74) is 0.560. The fourth-order valence-electron chi connectivity index (χ4n) is 2.34. The molecule has 7 nitrogen and oxygen atoms in total. The van der Waals surface area contributed by atoms with Crippen molar-refractivity contribution in [2.75, 3.05) is 24.8 Å². The van der Waals surface area contributed by atoms with Gasteiger partial charge in [-0.25, -0.2) is 13.2 Å². The molecule has 0 unspecified atom stereocenters. The van der Waals surface area contributed by atoms with Crippen LogP contribution in [0.15, 0.2) is 53.4 Å². The maximum absolute atomic E-state index is 12.6. The average Bonchev–Trinajstić information content (AvgIpc) is 2.67. The van der Waals surface area contributed by atoms with Crippen molar-refractivity contribution in [1.29, 1.82) is 0 Å². The molecular weight excluding hydrogens is 370 g/mol. The molecule has 1 N–H and O–H groups in total. The molecule has 2 aromatic carbocycles. The SMILES string of the molecule is CCCS(=O)(=O)c1ccccc1C(=O)Nc1ccc(OCC(=O)OC)cc1. The van der Waals surface area contributed by atoms with E-state index in [2.05, 4.69) is 10.1 Å². The van der Waals surface area contributed by atoms with Crippen molar-refractivity contribution >= 4 is 27.4 Å². The second-order valence-electron chi connectivity index (χ2n) is 5.66. The third-order valence-electron chi connectivity index (χ3n) is 3.64. The average molecular weight is 391 g/mol. The van der Waals surface area contributed by atoms with E-state index < -0.39 is 21.7 Å². The second kappa shape index (κ2) is 9.18. The van der Waals surface area contributed by atoms with E-state index in [9.17, 15) is 18.0 Å².